The highest BCUT2D eigenvalue weighted by Gasteiger charge is 2.41. The SMILES string of the molecule is COc1cc(C=CC(=O)OC[C@H](O)[C@H](O)[C@H](C=O)O[C@@H]2OC[C@@H](O)[C@H](O)[C@H]2O)ccc1O. The number of phenols is 1. The lowest BCUT2D eigenvalue weighted by Crippen LogP contribution is -2.56. The Balaban J connectivity index is 1.87. The first-order valence-corrected chi connectivity index (χ1v) is 9.52. The van der Waals surface area contributed by atoms with Gasteiger partial charge in [0.05, 0.1) is 13.7 Å². The molecule has 1 saturated heterocycles. The maximum absolute atomic E-state index is 11.8. The number of esters is 1. The van der Waals surface area contributed by atoms with Gasteiger partial charge in [-0.3, -0.25) is 0 Å². The van der Waals surface area contributed by atoms with Crippen molar-refractivity contribution in [3.8, 4) is 11.5 Å². The molecule has 32 heavy (non-hydrogen) atoms. The van der Waals surface area contributed by atoms with Gasteiger partial charge in [0.25, 0.3) is 0 Å². The third-order valence-corrected chi connectivity index (χ3v) is 4.62. The summed E-state index contributed by atoms with van der Waals surface area (Å²) in [7, 11) is 1.37. The Morgan fingerprint density at radius 3 is 2.62 bits per heavy atom. The fraction of sp³-hybridized carbons (Fsp3) is 0.500. The van der Waals surface area contributed by atoms with Crippen LogP contribution in [0.15, 0.2) is 24.3 Å². The number of methoxy groups -OCH3 is 1. The molecule has 1 aromatic rings. The molecule has 0 saturated carbocycles. The number of carbonyl (C=O) groups is 2. The molecule has 12 heteroatoms. The van der Waals surface area contributed by atoms with Crippen molar-refractivity contribution >= 4 is 18.3 Å². The minimum Gasteiger partial charge on any atom is -0.504 e. The standard InChI is InChI=1S/C20H26O12/c1-29-14-6-10(2-4-11(14)22)3-5-16(25)30-8-12(23)17(26)15(7-21)32-20-19(28)18(27)13(24)9-31-20/h2-7,12-13,15,17-20,22-24,26-28H,8-9H2,1H3/t12-,13+,15-,17-,18-,19+,20-/m0/s1. The maximum atomic E-state index is 11.8. The normalized spacial score (nSPS) is 26.3. The van der Waals surface area contributed by atoms with E-state index in [1.807, 2.05) is 0 Å². The van der Waals surface area contributed by atoms with Crippen LogP contribution in [0.25, 0.3) is 6.08 Å². The highest BCUT2D eigenvalue weighted by molar-refractivity contribution is 5.87. The summed E-state index contributed by atoms with van der Waals surface area (Å²) in [6, 6.07) is 4.36. The number of aliphatic hydroxyl groups excluding tert-OH is 5. The van der Waals surface area contributed by atoms with Gasteiger partial charge < -0.3 is 54.4 Å². The average Bonchev–Trinajstić information content (AvgIpc) is 2.79. The van der Waals surface area contributed by atoms with Crippen LogP contribution in [-0.4, -0.2) is 106 Å². The topological polar surface area (TPSA) is 192 Å². The molecule has 0 aromatic heterocycles. The number of hydrogen-bond acceptors (Lipinski definition) is 12. The Hall–Kier alpha value is -2.58. The maximum Gasteiger partial charge on any atom is 0.330 e. The summed E-state index contributed by atoms with van der Waals surface area (Å²) >= 11 is 0. The number of carbonyl (C=O) groups excluding carboxylic acids is 2. The van der Waals surface area contributed by atoms with Crippen LogP contribution in [0.3, 0.4) is 0 Å². The predicted octanol–water partition coefficient (Wildman–Crippen LogP) is -2.30. The summed E-state index contributed by atoms with van der Waals surface area (Å²) < 4.78 is 19.8. The predicted molar refractivity (Wildman–Crippen MR) is 105 cm³/mol. The zero-order valence-corrected chi connectivity index (χ0v) is 17.1. The Morgan fingerprint density at radius 2 is 1.97 bits per heavy atom. The summed E-state index contributed by atoms with van der Waals surface area (Å²) in [5, 5.41) is 58.5. The number of phenolic OH excluding ortho intramolecular Hbond substituents is 1. The van der Waals surface area contributed by atoms with Gasteiger partial charge in [-0.2, -0.15) is 0 Å². The molecule has 12 nitrogen and oxygen atoms in total. The van der Waals surface area contributed by atoms with Crippen molar-refractivity contribution in [3.63, 3.8) is 0 Å². The summed E-state index contributed by atoms with van der Waals surface area (Å²) in [6.07, 6.45) is -8.92. The number of aromatic hydroxyl groups is 1. The third kappa shape index (κ3) is 6.71. The largest absolute Gasteiger partial charge is 0.504 e. The fourth-order valence-electron chi connectivity index (χ4n) is 2.74. The number of ether oxygens (including phenoxy) is 4. The van der Waals surface area contributed by atoms with E-state index in [-0.39, 0.29) is 24.4 Å². The van der Waals surface area contributed by atoms with Gasteiger partial charge >= 0.3 is 5.97 Å². The van der Waals surface area contributed by atoms with Gasteiger partial charge in [0.15, 0.2) is 24.1 Å². The molecule has 1 aliphatic rings. The average molecular weight is 458 g/mol. The Bertz CT molecular complexity index is 797. The molecule has 1 heterocycles. The van der Waals surface area contributed by atoms with Crippen LogP contribution in [-0.2, 0) is 23.8 Å². The first-order chi connectivity index (χ1) is 15.2. The molecule has 0 unspecified atom stereocenters. The van der Waals surface area contributed by atoms with Crippen LogP contribution in [0.5, 0.6) is 11.5 Å². The first kappa shape index (κ1) is 25.7. The molecule has 1 aliphatic heterocycles. The summed E-state index contributed by atoms with van der Waals surface area (Å²) in [4.78, 5) is 23.1. The molecular weight excluding hydrogens is 432 g/mol. The third-order valence-electron chi connectivity index (χ3n) is 4.62. The van der Waals surface area contributed by atoms with Gasteiger partial charge in [-0.15, -0.1) is 0 Å². The zero-order chi connectivity index (χ0) is 23.8. The molecule has 2 rings (SSSR count). The minimum absolute atomic E-state index is 0.0758. The number of benzene rings is 1. The smallest absolute Gasteiger partial charge is 0.330 e. The summed E-state index contributed by atoms with van der Waals surface area (Å²) in [5.74, 6) is -0.740. The van der Waals surface area contributed by atoms with E-state index in [2.05, 4.69) is 0 Å². The Kier molecular flexibility index (Phi) is 9.53. The number of rotatable bonds is 10. The van der Waals surface area contributed by atoms with E-state index >= 15 is 0 Å². The van der Waals surface area contributed by atoms with Crippen molar-refractivity contribution in [1.29, 1.82) is 0 Å². The lowest BCUT2D eigenvalue weighted by molar-refractivity contribution is -0.287. The molecule has 0 aliphatic carbocycles. The summed E-state index contributed by atoms with van der Waals surface area (Å²) in [6.45, 7) is -1.07. The molecule has 0 spiro atoms. The van der Waals surface area contributed by atoms with E-state index < -0.39 is 55.5 Å². The molecule has 7 atom stereocenters. The van der Waals surface area contributed by atoms with Crippen molar-refractivity contribution in [3.05, 3.63) is 29.8 Å². The van der Waals surface area contributed by atoms with Crippen LogP contribution >= 0.6 is 0 Å². The molecule has 178 valence electrons. The van der Waals surface area contributed by atoms with Crippen LogP contribution in [0.2, 0.25) is 0 Å². The summed E-state index contributed by atoms with van der Waals surface area (Å²) in [5.41, 5.74) is 0.518. The molecule has 0 bridgehead atoms. The lowest BCUT2D eigenvalue weighted by Gasteiger charge is -2.36. The quantitative estimate of drug-likeness (QED) is 0.125. The van der Waals surface area contributed by atoms with Crippen LogP contribution < -0.4 is 4.74 Å². The van der Waals surface area contributed by atoms with E-state index in [0.717, 1.165) is 6.08 Å². The second-order valence-corrected chi connectivity index (χ2v) is 6.94. The molecule has 6 N–H and O–H groups in total. The minimum atomic E-state index is -1.86. The van der Waals surface area contributed by atoms with E-state index in [9.17, 15) is 40.2 Å². The molecule has 1 aromatic carbocycles. The Labute approximate surface area is 182 Å². The Morgan fingerprint density at radius 1 is 1.25 bits per heavy atom. The fourth-order valence-corrected chi connectivity index (χ4v) is 2.74. The van der Waals surface area contributed by atoms with Gasteiger partial charge in [-0.25, -0.2) is 4.79 Å². The highest BCUT2D eigenvalue weighted by Crippen LogP contribution is 2.26. The molecule has 0 radical (unpaired) electrons. The van der Waals surface area contributed by atoms with Crippen molar-refractivity contribution in [2.75, 3.05) is 20.3 Å². The van der Waals surface area contributed by atoms with Crippen molar-refractivity contribution < 1.29 is 59.2 Å². The molecule has 1 fully saturated rings. The van der Waals surface area contributed by atoms with E-state index in [1.165, 1.54) is 31.4 Å². The van der Waals surface area contributed by atoms with Gasteiger partial charge in [0, 0.05) is 6.08 Å². The van der Waals surface area contributed by atoms with Crippen molar-refractivity contribution in [2.45, 2.75) is 42.9 Å². The van der Waals surface area contributed by atoms with Crippen molar-refractivity contribution in [2.24, 2.45) is 0 Å². The number of aldehydes is 1. The second kappa shape index (κ2) is 11.9. The van der Waals surface area contributed by atoms with E-state index in [1.54, 1.807) is 0 Å². The highest BCUT2D eigenvalue weighted by atomic mass is 16.7. The molecular formula is C20H26O12. The van der Waals surface area contributed by atoms with Gasteiger partial charge in [0.2, 0.25) is 0 Å². The van der Waals surface area contributed by atoms with E-state index in [4.69, 9.17) is 18.9 Å². The lowest BCUT2D eigenvalue weighted by atomic mass is 10.0. The number of hydrogen-bond donors (Lipinski definition) is 6. The van der Waals surface area contributed by atoms with Crippen LogP contribution in [0, 0.1) is 0 Å². The van der Waals surface area contributed by atoms with Gasteiger partial charge in [-0.05, 0) is 23.8 Å². The van der Waals surface area contributed by atoms with E-state index in [0.29, 0.717) is 5.56 Å². The number of aliphatic hydroxyl groups is 5. The zero-order valence-electron chi connectivity index (χ0n) is 17.1. The van der Waals surface area contributed by atoms with Crippen LogP contribution in [0.1, 0.15) is 5.56 Å². The monoisotopic (exact) mass is 458 g/mol. The van der Waals surface area contributed by atoms with Crippen LogP contribution in [0.4, 0.5) is 0 Å². The van der Waals surface area contributed by atoms with Gasteiger partial charge in [-0.1, -0.05) is 6.07 Å². The second-order valence-electron chi connectivity index (χ2n) is 6.94. The van der Waals surface area contributed by atoms with Crippen molar-refractivity contribution in [1.82, 2.24) is 0 Å². The molecule has 0 amide bonds. The van der Waals surface area contributed by atoms with Gasteiger partial charge in [0.1, 0.15) is 43.2 Å². The first-order valence-electron chi connectivity index (χ1n) is 9.52.